The Bertz CT molecular complexity index is 434. The van der Waals surface area contributed by atoms with Crippen molar-refractivity contribution in [2.75, 3.05) is 31.2 Å². The van der Waals surface area contributed by atoms with Crippen molar-refractivity contribution < 1.29 is 9.84 Å². The maximum Gasteiger partial charge on any atom is 0.155 e. The smallest absolute Gasteiger partial charge is 0.155 e. The fourth-order valence-electron chi connectivity index (χ4n) is 2.32. The third-order valence-electron chi connectivity index (χ3n) is 3.63. The van der Waals surface area contributed by atoms with Gasteiger partial charge in [-0.1, -0.05) is 11.6 Å². The van der Waals surface area contributed by atoms with E-state index >= 15 is 0 Å². The molecule has 0 spiro atoms. The molecule has 0 amide bonds. The van der Waals surface area contributed by atoms with Gasteiger partial charge in [0.25, 0.3) is 0 Å². The Labute approximate surface area is 118 Å². The highest BCUT2D eigenvalue weighted by Gasteiger charge is 2.22. The molecular weight excluding hydrogens is 266 g/mol. The number of anilines is 1. The van der Waals surface area contributed by atoms with Gasteiger partial charge in [-0.15, -0.1) is 10.2 Å². The molecule has 106 valence electrons. The van der Waals surface area contributed by atoms with E-state index in [9.17, 15) is 0 Å². The number of rotatable bonds is 4. The van der Waals surface area contributed by atoms with Gasteiger partial charge in [0.05, 0.1) is 19.3 Å². The van der Waals surface area contributed by atoms with E-state index in [1.54, 1.807) is 0 Å². The predicted molar refractivity (Wildman–Crippen MR) is 74.8 cm³/mol. The summed E-state index contributed by atoms with van der Waals surface area (Å²) in [6.07, 6.45) is 2.14. The van der Waals surface area contributed by atoms with Crippen LogP contribution < -0.4 is 4.90 Å². The molecule has 1 aliphatic heterocycles. The quantitative estimate of drug-likeness (QED) is 0.913. The summed E-state index contributed by atoms with van der Waals surface area (Å²) < 4.78 is 5.56. The SMILES string of the molecule is Cc1c(Cl)nnc(N2CCC(OCCO)CC2)c1C. The molecule has 0 aliphatic carbocycles. The minimum Gasteiger partial charge on any atom is -0.394 e. The molecule has 2 rings (SSSR count). The number of aromatic nitrogens is 2. The van der Waals surface area contributed by atoms with Crippen LogP contribution in [0.25, 0.3) is 0 Å². The van der Waals surface area contributed by atoms with Crippen LogP contribution in [0.2, 0.25) is 5.15 Å². The summed E-state index contributed by atoms with van der Waals surface area (Å²) in [6, 6.07) is 0. The van der Waals surface area contributed by atoms with Crippen molar-refractivity contribution in [1.82, 2.24) is 10.2 Å². The topological polar surface area (TPSA) is 58.5 Å². The monoisotopic (exact) mass is 285 g/mol. The molecule has 5 nitrogen and oxygen atoms in total. The second kappa shape index (κ2) is 6.50. The van der Waals surface area contributed by atoms with Gasteiger partial charge in [-0.3, -0.25) is 0 Å². The van der Waals surface area contributed by atoms with Gasteiger partial charge in [-0.25, -0.2) is 0 Å². The van der Waals surface area contributed by atoms with E-state index in [-0.39, 0.29) is 12.7 Å². The summed E-state index contributed by atoms with van der Waals surface area (Å²) in [5.41, 5.74) is 2.08. The Morgan fingerprint density at radius 3 is 2.58 bits per heavy atom. The molecule has 2 heterocycles. The molecule has 1 aliphatic rings. The number of nitrogens with zero attached hydrogens (tertiary/aromatic N) is 3. The lowest BCUT2D eigenvalue weighted by Gasteiger charge is -2.33. The number of aliphatic hydroxyl groups is 1. The van der Waals surface area contributed by atoms with Gasteiger partial charge >= 0.3 is 0 Å². The Balaban J connectivity index is 2.00. The van der Waals surface area contributed by atoms with Crippen LogP contribution in [-0.4, -0.2) is 47.7 Å². The molecule has 0 aromatic carbocycles. The first kappa shape index (κ1) is 14.5. The van der Waals surface area contributed by atoms with Crippen molar-refractivity contribution in [3.63, 3.8) is 0 Å². The molecule has 1 aromatic heterocycles. The predicted octanol–water partition coefficient (Wildman–Crippen LogP) is 1.72. The minimum absolute atomic E-state index is 0.0845. The lowest BCUT2D eigenvalue weighted by Crippen LogP contribution is -2.38. The molecule has 0 radical (unpaired) electrons. The zero-order chi connectivity index (χ0) is 13.8. The average molecular weight is 286 g/mol. The van der Waals surface area contributed by atoms with Crippen LogP contribution in [0.5, 0.6) is 0 Å². The van der Waals surface area contributed by atoms with Gasteiger partial charge in [0.1, 0.15) is 0 Å². The normalized spacial score (nSPS) is 16.9. The second-order valence-corrected chi connectivity index (χ2v) is 5.20. The number of hydrogen-bond acceptors (Lipinski definition) is 5. The van der Waals surface area contributed by atoms with Gasteiger partial charge in [0.15, 0.2) is 11.0 Å². The summed E-state index contributed by atoms with van der Waals surface area (Å²) in [4.78, 5) is 2.23. The highest BCUT2D eigenvalue weighted by molar-refractivity contribution is 6.30. The molecule has 1 aromatic rings. The standard InChI is InChI=1S/C13H20ClN3O2/c1-9-10(2)13(16-15-12(9)14)17-5-3-11(4-6-17)19-8-7-18/h11,18H,3-8H2,1-2H3. The summed E-state index contributed by atoms with van der Waals surface area (Å²) in [6.45, 7) is 6.29. The molecule has 1 N–H and O–H groups in total. The summed E-state index contributed by atoms with van der Waals surface area (Å²) in [7, 11) is 0. The Morgan fingerprint density at radius 2 is 1.95 bits per heavy atom. The Morgan fingerprint density at radius 1 is 1.26 bits per heavy atom. The van der Waals surface area contributed by atoms with Crippen molar-refractivity contribution in [2.45, 2.75) is 32.8 Å². The van der Waals surface area contributed by atoms with Crippen LogP contribution in [0.15, 0.2) is 0 Å². The van der Waals surface area contributed by atoms with Gasteiger partial charge in [-0.05, 0) is 37.8 Å². The van der Waals surface area contributed by atoms with E-state index in [2.05, 4.69) is 15.1 Å². The van der Waals surface area contributed by atoms with Crippen molar-refractivity contribution >= 4 is 17.4 Å². The fourth-order valence-corrected chi connectivity index (χ4v) is 2.50. The molecule has 6 heteroatoms. The van der Waals surface area contributed by atoms with Crippen LogP contribution in [-0.2, 0) is 4.74 Å². The molecule has 19 heavy (non-hydrogen) atoms. The van der Waals surface area contributed by atoms with E-state index in [1.165, 1.54) is 0 Å². The van der Waals surface area contributed by atoms with Crippen LogP contribution in [0.1, 0.15) is 24.0 Å². The van der Waals surface area contributed by atoms with Crippen LogP contribution in [0.4, 0.5) is 5.82 Å². The molecular formula is C13H20ClN3O2. The number of halogens is 1. The van der Waals surface area contributed by atoms with Gasteiger partial charge in [0.2, 0.25) is 0 Å². The zero-order valence-electron chi connectivity index (χ0n) is 11.4. The van der Waals surface area contributed by atoms with E-state index in [0.717, 1.165) is 42.9 Å². The highest BCUT2D eigenvalue weighted by Crippen LogP contribution is 2.26. The van der Waals surface area contributed by atoms with E-state index in [1.807, 2.05) is 13.8 Å². The first-order chi connectivity index (χ1) is 9.13. The third-order valence-corrected chi connectivity index (χ3v) is 3.99. The van der Waals surface area contributed by atoms with E-state index in [0.29, 0.717) is 11.8 Å². The van der Waals surface area contributed by atoms with Crippen LogP contribution >= 0.6 is 11.6 Å². The molecule has 0 unspecified atom stereocenters. The fraction of sp³-hybridized carbons (Fsp3) is 0.692. The average Bonchev–Trinajstić information content (AvgIpc) is 2.44. The number of piperidine rings is 1. The van der Waals surface area contributed by atoms with Crippen molar-refractivity contribution in [1.29, 1.82) is 0 Å². The van der Waals surface area contributed by atoms with Crippen molar-refractivity contribution in [2.24, 2.45) is 0 Å². The molecule has 0 bridgehead atoms. The molecule has 1 saturated heterocycles. The maximum atomic E-state index is 8.75. The molecule has 0 saturated carbocycles. The largest absolute Gasteiger partial charge is 0.394 e. The summed E-state index contributed by atoms with van der Waals surface area (Å²) in [5.74, 6) is 0.919. The Kier molecular flexibility index (Phi) is 4.96. The first-order valence-corrected chi connectivity index (χ1v) is 6.98. The lowest BCUT2D eigenvalue weighted by molar-refractivity contribution is 0.0158. The van der Waals surface area contributed by atoms with E-state index in [4.69, 9.17) is 21.4 Å². The number of aliphatic hydroxyl groups excluding tert-OH is 1. The zero-order valence-corrected chi connectivity index (χ0v) is 12.2. The highest BCUT2D eigenvalue weighted by atomic mass is 35.5. The van der Waals surface area contributed by atoms with Crippen LogP contribution in [0.3, 0.4) is 0 Å². The van der Waals surface area contributed by atoms with Gasteiger partial charge in [-0.2, -0.15) is 0 Å². The minimum atomic E-state index is 0.0845. The number of ether oxygens (including phenoxy) is 1. The second-order valence-electron chi connectivity index (χ2n) is 4.85. The third kappa shape index (κ3) is 3.35. The van der Waals surface area contributed by atoms with Crippen LogP contribution in [0, 0.1) is 13.8 Å². The van der Waals surface area contributed by atoms with Crippen molar-refractivity contribution in [3.05, 3.63) is 16.3 Å². The van der Waals surface area contributed by atoms with Gasteiger partial charge < -0.3 is 14.7 Å². The lowest BCUT2D eigenvalue weighted by atomic mass is 10.1. The van der Waals surface area contributed by atoms with Gasteiger partial charge in [0, 0.05) is 13.1 Å². The first-order valence-electron chi connectivity index (χ1n) is 6.60. The molecule has 0 atom stereocenters. The van der Waals surface area contributed by atoms with Crippen molar-refractivity contribution in [3.8, 4) is 0 Å². The molecule has 1 fully saturated rings. The summed E-state index contributed by atoms with van der Waals surface area (Å²) >= 11 is 5.97. The summed E-state index contributed by atoms with van der Waals surface area (Å²) in [5, 5.41) is 17.4. The Hall–Kier alpha value is -0.910. The van der Waals surface area contributed by atoms with E-state index < -0.39 is 0 Å². The maximum absolute atomic E-state index is 8.75. The number of hydrogen-bond donors (Lipinski definition) is 1.